The fraction of sp³-hybridized carbons (Fsp3) is 0.333. The van der Waals surface area contributed by atoms with Crippen molar-refractivity contribution in [3.63, 3.8) is 0 Å². The quantitative estimate of drug-likeness (QED) is 0.516. The van der Waals surface area contributed by atoms with E-state index in [1.54, 1.807) is 30.0 Å². The van der Waals surface area contributed by atoms with Gasteiger partial charge >= 0.3 is 0 Å². The topological polar surface area (TPSA) is 117 Å². The lowest BCUT2D eigenvalue weighted by atomic mass is 10.1. The van der Waals surface area contributed by atoms with Crippen molar-refractivity contribution in [1.82, 2.24) is 19.5 Å². The van der Waals surface area contributed by atoms with Crippen LogP contribution in [0.25, 0.3) is 11.2 Å². The van der Waals surface area contributed by atoms with Crippen LogP contribution in [-0.2, 0) is 10.5 Å². The van der Waals surface area contributed by atoms with Gasteiger partial charge in [-0.1, -0.05) is 23.9 Å². The minimum absolute atomic E-state index is 0.477. The Balaban J connectivity index is 1.58. The molecule has 0 spiro atoms. The highest BCUT2D eigenvalue weighted by Crippen LogP contribution is 2.33. The van der Waals surface area contributed by atoms with Crippen LogP contribution in [-0.4, -0.2) is 48.0 Å². The molecule has 27 heavy (non-hydrogen) atoms. The van der Waals surface area contributed by atoms with E-state index in [-0.39, 0.29) is 0 Å². The molecular formula is C18H17N5O3S. The molecular weight excluding hydrogens is 366 g/mol. The molecule has 3 heterocycles. The van der Waals surface area contributed by atoms with E-state index >= 15 is 0 Å². The molecule has 0 unspecified atom stereocenters. The number of fused-ring (bicyclic) bond motifs is 1. The SMILES string of the molecule is C[C@H]1O[C@@H](n2cnc3c(SCc4ccc(C#N)cc4)ncnc32)[C@H](O)[C@@H]1O. The molecule has 0 radical (unpaired) electrons. The highest BCUT2D eigenvalue weighted by Gasteiger charge is 2.42. The molecule has 138 valence electrons. The summed E-state index contributed by atoms with van der Waals surface area (Å²) in [5.74, 6) is 0.670. The summed E-state index contributed by atoms with van der Waals surface area (Å²) in [6.45, 7) is 1.71. The van der Waals surface area contributed by atoms with E-state index in [1.165, 1.54) is 18.1 Å². The van der Waals surface area contributed by atoms with Gasteiger partial charge in [0.1, 0.15) is 29.1 Å². The van der Waals surface area contributed by atoms with Gasteiger partial charge in [-0.15, -0.1) is 0 Å². The summed E-state index contributed by atoms with van der Waals surface area (Å²) in [4.78, 5) is 13.0. The van der Waals surface area contributed by atoms with Gasteiger partial charge < -0.3 is 14.9 Å². The molecule has 9 heteroatoms. The van der Waals surface area contributed by atoms with Crippen LogP contribution in [0.5, 0.6) is 0 Å². The maximum absolute atomic E-state index is 10.2. The van der Waals surface area contributed by atoms with Crippen LogP contribution in [0.2, 0.25) is 0 Å². The first kappa shape index (κ1) is 17.9. The van der Waals surface area contributed by atoms with E-state index in [9.17, 15) is 10.2 Å². The van der Waals surface area contributed by atoms with Crippen LogP contribution in [0.4, 0.5) is 0 Å². The lowest BCUT2D eigenvalue weighted by Gasteiger charge is -2.16. The molecule has 3 aromatic rings. The Morgan fingerprint density at radius 1 is 1.19 bits per heavy atom. The van der Waals surface area contributed by atoms with Crippen molar-refractivity contribution in [1.29, 1.82) is 5.26 Å². The van der Waals surface area contributed by atoms with Crippen molar-refractivity contribution in [2.24, 2.45) is 0 Å². The molecule has 1 aromatic carbocycles. The van der Waals surface area contributed by atoms with Gasteiger partial charge in [-0.2, -0.15) is 5.26 Å². The van der Waals surface area contributed by atoms with E-state index < -0.39 is 24.5 Å². The van der Waals surface area contributed by atoms with Crippen LogP contribution in [0, 0.1) is 11.3 Å². The third-order valence-corrected chi connectivity index (χ3v) is 5.58. The standard InChI is InChI=1S/C18H17N5O3S/c1-10-14(24)15(25)18(26-10)23-9-22-13-16(23)20-8-21-17(13)27-7-12-4-2-11(6-19)3-5-12/h2-5,8-10,14-15,18,24-25H,7H2,1H3/t10-,14-,15-,18-/m1/s1. The lowest BCUT2D eigenvalue weighted by molar-refractivity contribution is -0.0299. The summed E-state index contributed by atoms with van der Waals surface area (Å²) >= 11 is 1.51. The Bertz CT molecular complexity index is 1000. The number of hydrogen-bond acceptors (Lipinski definition) is 8. The van der Waals surface area contributed by atoms with Gasteiger partial charge in [0.05, 0.1) is 24.1 Å². The number of nitriles is 1. The molecule has 1 fully saturated rings. The van der Waals surface area contributed by atoms with Crippen LogP contribution in [0.15, 0.2) is 41.9 Å². The van der Waals surface area contributed by atoms with Crippen LogP contribution in [0.1, 0.15) is 24.3 Å². The first-order valence-corrected chi connectivity index (χ1v) is 9.38. The first-order valence-electron chi connectivity index (χ1n) is 8.39. The zero-order valence-electron chi connectivity index (χ0n) is 14.4. The van der Waals surface area contributed by atoms with Crippen molar-refractivity contribution in [2.75, 3.05) is 0 Å². The Morgan fingerprint density at radius 2 is 1.96 bits per heavy atom. The van der Waals surface area contributed by atoms with E-state index in [4.69, 9.17) is 10.00 Å². The molecule has 1 aliphatic rings. The summed E-state index contributed by atoms with van der Waals surface area (Å²) in [7, 11) is 0. The number of rotatable bonds is 4. The smallest absolute Gasteiger partial charge is 0.166 e. The fourth-order valence-corrected chi connectivity index (χ4v) is 3.91. The van der Waals surface area contributed by atoms with Gasteiger partial charge in [0.2, 0.25) is 0 Å². The number of hydrogen-bond donors (Lipinski definition) is 2. The summed E-state index contributed by atoms with van der Waals surface area (Å²) in [5, 5.41) is 29.8. The molecule has 0 bridgehead atoms. The fourth-order valence-electron chi connectivity index (χ4n) is 3.01. The van der Waals surface area contributed by atoms with Gasteiger partial charge in [0.15, 0.2) is 11.9 Å². The monoisotopic (exact) mass is 383 g/mol. The third-order valence-electron chi connectivity index (χ3n) is 4.54. The Morgan fingerprint density at radius 3 is 2.63 bits per heavy atom. The number of thioether (sulfide) groups is 1. The van der Waals surface area contributed by atoms with Crippen LogP contribution < -0.4 is 0 Å². The molecule has 8 nitrogen and oxygen atoms in total. The number of aliphatic hydroxyl groups is 2. The molecule has 4 atom stereocenters. The van der Waals surface area contributed by atoms with Gasteiger partial charge in [-0.25, -0.2) is 15.0 Å². The van der Waals surface area contributed by atoms with Gasteiger partial charge in [0, 0.05) is 5.75 Å². The molecule has 0 aliphatic carbocycles. The molecule has 2 N–H and O–H groups in total. The average Bonchev–Trinajstić information content (AvgIpc) is 3.23. The van der Waals surface area contributed by atoms with E-state index in [1.807, 2.05) is 12.1 Å². The average molecular weight is 383 g/mol. The lowest BCUT2D eigenvalue weighted by Crippen LogP contribution is -2.30. The highest BCUT2D eigenvalue weighted by molar-refractivity contribution is 7.98. The van der Waals surface area contributed by atoms with E-state index in [0.717, 1.165) is 5.56 Å². The largest absolute Gasteiger partial charge is 0.388 e. The molecule has 0 saturated carbocycles. The predicted octanol–water partition coefficient (Wildman–Crippen LogP) is 1.63. The molecule has 4 rings (SSSR count). The second kappa shape index (κ2) is 7.25. The molecule has 0 amide bonds. The molecule has 2 aromatic heterocycles. The Labute approximate surface area is 159 Å². The van der Waals surface area contributed by atoms with Crippen molar-refractivity contribution in [2.45, 2.75) is 42.2 Å². The molecule has 1 aliphatic heterocycles. The second-order valence-electron chi connectivity index (χ2n) is 6.31. The summed E-state index contributed by atoms with van der Waals surface area (Å²) in [6, 6.07) is 9.49. The summed E-state index contributed by atoms with van der Waals surface area (Å²) in [5.41, 5.74) is 2.84. The Hall–Kier alpha value is -2.51. The summed E-state index contributed by atoms with van der Waals surface area (Å²) < 4.78 is 7.28. The third kappa shape index (κ3) is 3.28. The normalized spacial score (nSPS) is 25.0. The number of aliphatic hydroxyl groups excluding tert-OH is 2. The summed E-state index contributed by atoms with van der Waals surface area (Å²) in [6.07, 6.45) is -0.241. The van der Waals surface area contributed by atoms with E-state index in [2.05, 4.69) is 21.0 Å². The van der Waals surface area contributed by atoms with Gasteiger partial charge in [-0.05, 0) is 24.6 Å². The molecule has 1 saturated heterocycles. The zero-order chi connectivity index (χ0) is 19.0. The van der Waals surface area contributed by atoms with Gasteiger partial charge in [-0.3, -0.25) is 4.57 Å². The number of imidazole rings is 1. The minimum atomic E-state index is -1.05. The number of ether oxygens (including phenoxy) is 1. The zero-order valence-corrected chi connectivity index (χ0v) is 15.2. The number of benzene rings is 1. The minimum Gasteiger partial charge on any atom is -0.388 e. The highest BCUT2D eigenvalue weighted by atomic mass is 32.2. The van der Waals surface area contributed by atoms with Gasteiger partial charge in [0.25, 0.3) is 0 Å². The van der Waals surface area contributed by atoms with Crippen LogP contribution in [0.3, 0.4) is 0 Å². The van der Waals surface area contributed by atoms with Crippen molar-refractivity contribution in [3.8, 4) is 6.07 Å². The number of nitrogens with zero attached hydrogens (tertiary/aromatic N) is 5. The Kier molecular flexibility index (Phi) is 4.80. The predicted molar refractivity (Wildman–Crippen MR) is 97.6 cm³/mol. The first-order chi connectivity index (χ1) is 13.1. The van der Waals surface area contributed by atoms with Crippen LogP contribution >= 0.6 is 11.8 Å². The number of aromatic nitrogens is 4. The van der Waals surface area contributed by atoms with Crippen molar-refractivity contribution in [3.05, 3.63) is 48.0 Å². The maximum Gasteiger partial charge on any atom is 0.166 e. The maximum atomic E-state index is 10.2. The van der Waals surface area contributed by atoms with Crippen molar-refractivity contribution >= 4 is 22.9 Å². The van der Waals surface area contributed by atoms with E-state index in [0.29, 0.717) is 27.5 Å². The second-order valence-corrected chi connectivity index (χ2v) is 7.28. The van der Waals surface area contributed by atoms with Crippen molar-refractivity contribution < 1.29 is 14.9 Å².